The van der Waals surface area contributed by atoms with Crippen molar-refractivity contribution in [3.63, 3.8) is 0 Å². The topological polar surface area (TPSA) is 96.0 Å². The van der Waals surface area contributed by atoms with Crippen molar-refractivity contribution < 1.29 is 24.0 Å². The predicted octanol–water partition coefficient (Wildman–Crippen LogP) is 1.94. The number of likely N-dealkylation sites (tertiary alicyclic amines) is 1. The van der Waals surface area contributed by atoms with Gasteiger partial charge >= 0.3 is 5.97 Å². The summed E-state index contributed by atoms with van der Waals surface area (Å²) in [4.78, 5) is 56.0. The van der Waals surface area contributed by atoms with Gasteiger partial charge in [-0.2, -0.15) is 0 Å². The average molecular weight is 410 g/mol. The van der Waals surface area contributed by atoms with E-state index in [9.17, 15) is 19.2 Å². The molecule has 0 aliphatic carbocycles. The molecule has 8 heteroatoms. The Labute approximate surface area is 172 Å². The summed E-state index contributed by atoms with van der Waals surface area (Å²) in [7, 11) is 0. The van der Waals surface area contributed by atoms with E-state index < -0.39 is 17.9 Å². The number of hydrogen-bond donors (Lipinski definition) is 1. The van der Waals surface area contributed by atoms with Crippen molar-refractivity contribution >= 4 is 23.6 Å². The fourth-order valence-corrected chi connectivity index (χ4v) is 3.81. The van der Waals surface area contributed by atoms with E-state index in [2.05, 4.69) is 30.6 Å². The fraction of sp³-hybridized carbons (Fsp3) is 0.714. The summed E-state index contributed by atoms with van der Waals surface area (Å²) in [5.41, 5.74) is 0.434. The first-order chi connectivity index (χ1) is 13.6. The van der Waals surface area contributed by atoms with Gasteiger partial charge in [0.2, 0.25) is 5.91 Å². The normalized spacial score (nSPS) is 24.9. The van der Waals surface area contributed by atoms with Gasteiger partial charge in [0.15, 0.2) is 5.78 Å². The number of carbonyl (C=O) groups is 4. The molecule has 29 heavy (non-hydrogen) atoms. The highest BCUT2D eigenvalue weighted by Crippen LogP contribution is 2.23. The van der Waals surface area contributed by atoms with Gasteiger partial charge in [-0.25, -0.2) is 4.79 Å². The van der Waals surface area contributed by atoms with Crippen LogP contribution in [0.3, 0.4) is 0 Å². The maximum atomic E-state index is 12.4. The summed E-state index contributed by atoms with van der Waals surface area (Å²) in [5, 5.41) is 3.65. The minimum Gasteiger partial charge on any atom is -0.345 e. The minimum atomic E-state index is -0.731. The molecule has 2 rings (SSSR count). The lowest BCUT2D eigenvalue weighted by atomic mass is 9.98. The van der Waals surface area contributed by atoms with E-state index in [-0.39, 0.29) is 37.0 Å². The molecule has 2 amide bonds. The van der Waals surface area contributed by atoms with Crippen molar-refractivity contribution in [3.05, 3.63) is 12.3 Å². The van der Waals surface area contributed by atoms with Crippen LogP contribution in [0.15, 0.2) is 12.3 Å². The molecule has 8 nitrogen and oxygen atoms in total. The van der Waals surface area contributed by atoms with Gasteiger partial charge in [0.25, 0.3) is 5.91 Å². The Morgan fingerprint density at radius 3 is 2.34 bits per heavy atom. The van der Waals surface area contributed by atoms with Crippen LogP contribution in [0.1, 0.15) is 66.2 Å². The molecule has 4 unspecified atom stereocenters. The van der Waals surface area contributed by atoms with Crippen LogP contribution in [0.25, 0.3) is 0 Å². The molecule has 0 aromatic rings. The summed E-state index contributed by atoms with van der Waals surface area (Å²) < 4.78 is 0. The number of Topliss-reactive ketones (excluding diaryl/α,β-unsaturated/α-hetero) is 1. The van der Waals surface area contributed by atoms with Gasteiger partial charge in [-0.05, 0) is 40.0 Å². The first-order valence-electron chi connectivity index (χ1n) is 10.4. The minimum absolute atomic E-state index is 0.0781. The molecule has 0 aromatic heterocycles. The standard InChI is InChI=1S/C21H33N3O5/c1-13(21(28)29-24-16(4)9-10-20(24)27)11-18(25)17(5)22-19(26)12-23-14(2)7-6-8-15(23)3/h13-15,17H,4,6-12H2,1-3,5H3,(H,22,26)/i18+1,19+1,21+1. The number of nitrogens with one attached hydrogen (secondary N) is 1. The second-order valence-electron chi connectivity index (χ2n) is 8.33. The van der Waals surface area contributed by atoms with Gasteiger partial charge < -0.3 is 10.2 Å². The molecule has 4 atom stereocenters. The summed E-state index contributed by atoms with van der Waals surface area (Å²) in [6.45, 7) is 11.4. The lowest BCUT2D eigenvalue weighted by Gasteiger charge is -2.38. The van der Waals surface area contributed by atoms with Crippen molar-refractivity contribution in [3.8, 4) is 0 Å². The Balaban J connectivity index is 1.80. The Morgan fingerprint density at radius 2 is 1.79 bits per heavy atom. The first-order valence-corrected chi connectivity index (χ1v) is 10.4. The Bertz CT molecular complexity index is 651. The Morgan fingerprint density at radius 1 is 1.17 bits per heavy atom. The highest BCUT2D eigenvalue weighted by Gasteiger charge is 2.32. The summed E-state index contributed by atoms with van der Waals surface area (Å²) in [6.07, 6.45) is 3.94. The molecule has 1 N–H and O–H groups in total. The summed E-state index contributed by atoms with van der Waals surface area (Å²) >= 11 is 0. The maximum absolute atomic E-state index is 12.4. The molecule has 0 aromatic carbocycles. The van der Waals surface area contributed by atoms with Crippen LogP contribution in [-0.2, 0) is 24.0 Å². The Kier molecular flexibility index (Phi) is 7.96. The maximum Gasteiger partial charge on any atom is 0.336 e. The second-order valence-corrected chi connectivity index (χ2v) is 8.33. The summed E-state index contributed by atoms with van der Waals surface area (Å²) in [5.74, 6) is -2.16. The van der Waals surface area contributed by atoms with E-state index in [1.807, 2.05) is 0 Å². The van der Waals surface area contributed by atoms with E-state index in [0.717, 1.165) is 17.9 Å². The molecule has 2 fully saturated rings. The van der Waals surface area contributed by atoms with Gasteiger partial charge in [-0.15, -0.1) is 5.06 Å². The fourth-order valence-electron chi connectivity index (χ4n) is 3.81. The Hall–Kier alpha value is -2.22. The van der Waals surface area contributed by atoms with Gasteiger partial charge in [-0.3, -0.25) is 19.3 Å². The second kappa shape index (κ2) is 10.0. The van der Waals surface area contributed by atoms with Crippen LogP contribution in [-0.4, -0.2) is 58.2 Å². The molecule has 2 heterocycles. The van der Waals surface area contributed by atoms with Gasteiger partial charge in [0.1, 0.15) is 0 Å². The molecule has 0 spiro atoms. The third-order valence-corrected chi connectivity index (χ3v) is 5.79. The third kappa shape index (κ3) is 6.13. The summed E-state index contributed by atoms with van der Waals surface area (Å²) in [6, 6.07) is -0.0155. The van der Waals surface area contributed by atoms with Crippen LogP contribution in [0.2, 0.25) is 0 Å². The van der Waals surface area contributed by atoms with Crippen molar-refractivity contribution in [1.29, 1.82) is 0 Å². The zero-order valence-electron chi connectivity index (χ0n) is 17.9. The third-order valence-electron chi connectivity index (χ3n) is 5.79. The van der Waals surface area contributed by atoms with Crippen molar-refractivity contribution in [2.24, 2.45) is 5.92 Å². The molecular formula is C21H33N3O5. The highest BCUT2D eigenvalue weighted by molar-refractivity contribution is 5.92. The number of hydrogen-bond acceptors (Lipinski definition) is 6. The van der Waals surface area contributed by atoms with Gasteiger partial charge in [0.05, 0.1) is 24.2 Å². The molecule has 0 bridgehead atoms. The zero-order valence-corrected chi connectivity index (χ0v) is 17.9. The molecular weight excluding hydrogens is 377 g/mol. The highest BCUT2D eigenvalue weighted by atomic mass is 16.8. The number of hydroxylamine groups is 2. The van der Waals surface area contributed by atoms with E-state index in [1.54, 1.807) is 13.8 Å². The van der Waals surface area contributed by atoms with E-state index in [4.69, 9.17) is 4.84 Å². The van der Waals surface area contributed by atoms with E-state index >= 15 is 0 Å². The van der Waals surface area contributed by atoms with Gasteiger partial charge in [-0.1, -0.05) is 19.9 Å². The molecule has 2 saturated heterocycles. The van der Waals surface area contributed by atoms with Crippen LogP contribution < -0.4 is 5.32 Å². The largest absolute Gasteiger partial charge is 0.345 e. The zero-order chi connectivity index (χ0) is 21.7. The number of allylic oxidation sites excluding steroid dienone is 1. The van der Waals surface area contributed by atoms with Crippen molar-refractivity contribution in [2.75, 3.05) is 6.54 Å². The van der Waals surface area contributed by atoms with Gasteiger partial charge in [0, 0.05) is 24.9 Å². The number of nitrogens with zero attached hydrogens (tertiary/aromatic N) is 2. The van der Waals surface area contributed by atoms with Crippen LogP contribution >= 0.6 is 0 Å². The monoisotopic (exact) mass is 410 g/mol. The molecule has 2 aliphatic heterocycles. The number of carbonyl (C=O) groups excluding carboxylic acids is 4. The number of ketones is 1. The first kappa shape index (κ1) is 23.1. The number of piperidine rings is 1. The van der Waals surface area contributed by atoms with Crippen LogP contribution in [0.5, 0.6) is 0 Å². The number of amides is 2. The lowest BCUT2D eigenvalue weighted by molar-refractivity contribution is -0.190. The SMILES string of the molecule is C=C1CCC(=O)N1O[13C](=O)C(C)C[13C](=O)C(C)N[13C](=O)CN1C(C)CCCC1C. The average Bonchev–Trinajstić information content (AvgIpc) is 2.96. The number of rotatable bonds is 8. The predicted molar refractivity (Wildman–Crippen MR) is 107 cm³/mol. The van der Waals surface area contributed by atoms with E-state index in [1.165, 1.54) is 6.42 Å². The molecule has 0 radical (unpaired) electrons. The van der Waals surface area contributed by atoms with Crippen molar-refractivity contribution in [1.82, 2.24) is 15.3 Å². The molecule has 2 aliphatic rings. The van der Waals surface area contributed by atoms with Crippen LogP contribution in [0, 0.1) is 5.92 Å². The molecule has 162 valence electrons. The quantitative estimate of drug-likeness (QED) is 0.615. The van der Waals surface area contributed by atoms with E-state index in [0.29, 0.717) is 24.2 Å². The van der Waals surface area contributed by atoms with Crippen LogP contribution in [0.4, 0.5) is 0 Å². The smallest absolute Gasteiger partial charge is 0.336 e. The molecule has 0 saturated carbocycles. The lowest BCUT2D eigenvalue weighted by Crippen LogP contribution is -2.51. The van der Waals surface area contributed by atoms with Crippen molar-refractivity contribution in [2.45, 2.75) is 84.3 Å².